The minimum atomic E-state index is -0.201. The lowest BCUT2D eigenvalue weighted by Gasteiger charge is -2.06. The smallest absolute Gasteiger partial charge is 0.277 e. The number of benzene rings is 2. The highest BCUT2D eigenvalue weighted by molar-refractivity contribution is 7.99. The van der Waals surface area contributed by atoms with E-state index in [0.29, 0.717) is 33.7 Å². The van der Waals surface area contributed by atoms with Crippen molar-refractivity contribution in [1.29, 1.82) is 0 Å². The van der Waals surface area contributed by atoms with Crippen LogP contribution in [0.1, 0.15) is 5.56 Å². The third-order valence-corrected chi connectivity index (χ3v) is 5.01. The Bertz CT molecular complexity index is 971. The summed E-state index contributed by atoms with van der Waals surface area (Å²) >= 11 is 7.21. The first kappa shape index (κ1) is 20.0. The van der Waals surface area contributed by atoms with Gasteiger partial charge in [0, 0.05) is 22.3 Å². The number of methoxy groups -OCH3 is 2. The first-order chi connectivity index (χ1) is 13.5. The van der Waals surface area contributed by atoms with E-state index in [1.165, 1.54) is 0 Å². The van der Waals surface area contributed by atoms with Crippen molar-refractivity contribution in [3.63, 3.8) is 0 Å². The summed E-state index contributed by atoms with van der Waals surface area (Å²) < 4.78 is 16.1. The molecule has 3 rings (SSSR count). The van der Waals surface area contributed by atoms with Crippen LogP contribution in [0.5, 0.6) is 11.5 Å². The van der Waals surface area contributed by atoms with Crippen molar-refractivity contribution >= 4 is 35.0 Å². The van der Waals surface area contributed by atoms with Crippen LogP contribution in [-0.2, 0) is 4.79 Å². The van der Waals surface area contributed by atoms with Crippen molar-refractivity contribution in [1.82, 2.24) is 10.2 Å². The maximum Gasteiger partial charge on any atom is 0.277 e. The number of aryl methyl sites for hydroxylation is 1. The van der Waals surface area contributed by atoms with Crippen LogP contribution in [0.25, 0.3) is 11.5 Å². The average Bonchev–Trinajstić information content (AvgIpc) is 3.18. The summed E-state index contributed by atoms with van der Waals surface area (Å²) in [7, 11) is 3.13. The minimum Gasteiger partial charge on any atom is -0.497 e. The van der Waals surface area contributed by atoms with Crippen LogP contribution in [0.2, 0.25) is 5.02 Å². The van der Waals surface area contributed by atoms with Gasteiger partial charge in [-0.2, -0.15) is 0 Å². The molecule has 0 aliphatic heterocycles. The Morgan fingerprint density at radius 1 is 1.14 bits per heavy atom. The summed E-state index contributed by atoms with van der Waals surface area (Å²) in [5.74, 6) is 1.45. The lowest BCUT2D eigenvalue weighted by Crippen LogP contribution is -2.14. The van der Waals surface area contributed by atoms with Crippen molar-refractivity contribution in [2.24, 2.45) is 0 Å². The van der Waals surface area contributed by atoms with Crippen molar-refractivity contribution in [3.8, 4) is 23.0 Å². The van der Waals surface area contributed by atoms with E-state index in [9.17, 15) is 4.79 Å². The number of hydrogen-bond donors (Lipinski definition) is 1. The zero-order valence-electron chi connectivity index (χ0n) is 15.5. The molecule has 0 atom stereocenters. The van der Waals surface area contributed by atoms with E-state index in [1.54, 1.807) is 44.6 Å². The molecule has 0 spiro atoms. The number of halogens is 1. The van der Waals surface area contributed by atoms with E-state index in [2.05, 4.69) is 15.5 Å². The van der Waals surface area contributed by atoms with Crippen LogP contribution in [0.3, 0.4) is 0 Å². The Hall–Kier alpha value is -2.71. The lowest BCUT2D eigenvalue weighted by molar-refractivity contribution is -0.113. The standard InChI is InChI=1S/C19H18ClN3O4S/c1-11-4-5-13(8-16(11)20)21-17(24)10-28-19-23-22-18(27-19)12-6-14(25-2)9-15(7-12)26-3/h4-9H,10H2,1-3H3,(H,21,24). The van der Waals surface area contributed by atoms with Crippen molar-refractivity contribution in [3.05, 3.63) is 47.0 Å². The fourth-order valence-electron chi connectivity index (χ4n) is 2.31. The maximum atomic E-state index is 12.1. The number of hydrogen-bond acceptors (Lipinski definition) is 7. The molecule has 1 aromatic heterocycles. The second-order valence-corrected chi connectivity index (χ2v) is 7.11. The van der Waals surface area contributed by atoms with Crippen LogP contribution < -0.4 is 14.8 Å². The minimum absolute atomic E-state index is 0.120. The third kappa shape index (κ3) is 4.96. The van der Waals surface area contributed by atoms with Gasteiger partial charge in [-0.1, -0.05) is 29.4 Å². The van der Waals surface area contributed by atoms with Crippen LogP contribution >= 0.6 is 23.4 Å². The summed E-state index contributed by atoms with van der Waals surface area (Å²) in [6.07, 6.45) is 0. The molecule has 9 heteroatoms. The van der Waals surface area contributed by atoms with Crippen LogP contribution in [0, 0.1) is 6.92 Å². The van der Waals surface area contributed by atoms with Crippen molar-refractivity contribution in [2.75, 3.05) is 25.3 Å². The Kier molecular flexibility index (Phi) is 6.43. The van der Waals surface area contributed by atoms with Gasteiger partial charge in [-0.3, -0.25) is 4.79 Å². The molecule has 0 saturated carbocycles. The largest absolute Gasteiger partial charge is 0.497 e. The molecule has 1 N–H and O–H groups in total. The number of anilines is 1. The van der Waals surface area contributed by atoms with Gasteiger partial charge < -0.3 is 19.2 Å². The monoisotopic (exact) mass is 419 g/mol. The molecule has 7 nitrogen and oxygen atoms in total. The highest BCUT2D eigenvalue weighted by Gasteiger charge is 2.14. The second-order valence-electron chi connectivity index (χ2n) is 5.78. The Labute approximate surface area is 171 Å². The topological polar surface area (TPSA) is 86.5 Å². The van der Waals surface area contributed by atoms with E-state index in [4.69, 9.17) is 25.5 Å². The first-order valence-electron chi connectivity index (χ1n) is 8.24. The zero-order valence-corrected chi connectivity index (χ0v) is 17.1. The van der Waals surface area contributed by atoms with Crippen LogP contribution in [0.4, 0.5) is 5.69 Å². The summed E-state index contributed by atoms with van der Waals surface area (Å²) in [4.78, 5) is 12.1. The molecule has 3 aromatic rings. The molecule has 0 aliphatic rings. The Morgan fingerprint density at radius 3 is 2.50 bits per heavy atom. The molecule has 0 unspecified atom stereocenters. The average molecular weight is 420 g/mol. The molecule has 0 radical (unpaired) electrons. The van der Waals surface area contributed by atoms with Gasteiger partial charge in [-0.15, -0.1) is 10.2 Å². The quantitative estimate of drug-likeness (QED) is 0.566. The number of amides is 1. The van der Waals surface area contributed by atoms with Gasteiger partial charge in [-0.05, 0) is 36.8 Å². The summed E-state index contributed by atoms with van der Waals surface area (Å²) in [5, 5.41) is 11.7. The normalized spacial score (nSPS) is 10.6. The Balaban J connectivity index is 1.63. The van der Waals surface area contributed by atoms with Crippen molar-refractivity contribution in [2.45, 2.75) is 12.1 Å². The van der Waals surface area contributed by atoms with E-state index < -0.39 is 0 Å². The van der Waals surface area contributed by atoms with E-state index >= 15 is 0 Å². The van der Waals surface area contributed by atoms with Gasteiger partial charge in [0.25, 0.3) is 5.22 Å². The summed E-state index contributed by atoms with van der Waals surface area (Å²) in [6, 6.07) is 10.6. The number of rotatable bonds is 7. The summed E-state index contributed by atoms with van der Waals surface area (Å²) in [6.45, 7) is 1.90. The predicted octanol–water partition coefficient (Wildman–Crippen LogP) is 4.45. The van der Waals surface area contributed by atoms with Crippen LogP contribution in [-0.4, -0.2) is 36.1 Å². The molecule has 0 aliphatic carbocycles. The number of carbonyl (C=O) groups excluding carboxylic acids is 1. The van der Waals surface area contributed by atoms with Gasteiger partial charge in [0.15, 0.2) is 0 Å². The number of nitrogens with zero attached hydrogens (tertiary/aromatic N) is 2. The molecule has 1 heterocycles. The van der Waals surface area contributed by atoms with Crippen LogP contribution in [0.15, 0.2) is 46.0 Å². The first-order valence-corrected chi connectivity index (χ1v) is 9.60. The number of thioether (sulfide) groups is 1. The molecule has 0 saturated heterocycles. The SMILES string of the molecule is COc1cc(OC)cc(-c2nnc(SCC(=O)Nc3ccc(C)c(Cl)c3)o2)c1. The number of aromatic nitrogens is 2. The predicted molar refractivity (Wildman–Crippen MR) is 108 cm³/mol. The number of ether oxygens (including phenoxy) is 2. The zero-order chi connectivity index (χ0) is 20.1. The lowest BCUT2D eigenvalue weighted by atomic mass is 10.2. The fraction of sp³-hybridized carbons (Fsp3) is 0.211. The van der Waals surface area contributed by atoms with E-state index in [1.807, 2.05) is 13.0 Å². The molecule has 2 aromatic carbocycles. The number of carbonyl (C=O) groups is 1. The maximum absolute atomic E-state index is 12.1. The van der Waals surface area contributed by atoms with Gasteiger partial charge in [0.1, 0.15) is 11.5 Å². The molecule has 0 bridgehead atoms. The molecule has 0 fully saturated rings. The third-order valence-electron chi connectivity index (χ3n) is 3.79. The van der Waals surface area contributed by atoms with Gasteiger partial charge in [0.05, 0.1) is 20.0 Å². The summed E-state index contributed by atoms with van der Waals surface area (Å²) in [5.41, 5.74) is 2.24. The highest BCUT2D eigenvalue weighted by Crippen LogP contribution is 2.30. The molecular formula is C19H18ClN3O4S. The van der Waals surface area contributed by atoms with E-state index in [-0.39, 0.29) is 16.9 Å². The molecule has 28 heavy (non-hydrogen) atoms. The van der Waals surface area contributed by atoms with Gasteiger partial charge in [-0.25, -0.2) is 0 Å². The number of nitrogens with one attached hydrogen (secondary N) is 1. The Morgan fingerprint density at radius 2 is 1.86 bits per heavy atom. The van der Waals surface area contributed by atoms with Gasteiger partial charge in [0.2, 0.25) is 11.8 Å². The van der Waals surface area contributed by atoms with Gasteiger partial charge >= 0.3 is 0 Å². The molecule has 1 amide bonds. The highest BCUT2D eigenvalue weighted by atomic mass is 35.5. The molecule has 146 valence electrons. The molecular weight excluding hydrogens is 402 g/mol. The second kappa shape index (κ2) is 8.99. The fourth-order valence-corrected chi connectivity index (χ4v) is 3.05. The van der Waals surface area contributed by atoms with E-state index in [0.717, 1.165) is 17.3 Å². The van der Waals surface area contributed by atoms with Crippen molar-refractivity contribution < 1.29 is 18.7 Å².